The molecule has 1 aromatic carbocycles. The van der Waals surface area contributed by atoms with E-state index in [4.69, 9.17) is 5.73 Å². The molecule has 1 atom stereocenters. The molecule has 0 aliphatic rings. The van der Waals surface area contributed by atoms with E-state index >= 15 is 0 Å². The Morgan fingerprint density at radius 1 is 1.24 bits per heavy atom. The van der Waals surface area contributed by atoms with Crippen LogP contribution in [0.4, 0.5) is 8.78 Å². The van der Waals surface area contributed by atoms with Gasteiger partial charge in [0, 0.05) is 18.7 Å². The highest BCUT2D eigenvalue weighted by atomic mass is 19.1. The van der Waals surface area contributed by atoms with Crippen LogP contribution in [0.15, 0.2) is 18.2 Å². The number of likely N-dealkylation sites (N-methyl/N-ethyl adjacent to an activating group) is 1. The quantitative estimate of drug-likeness (QED) is 0.831. The van der Waals surface area contributed by atoms with Gasteiger partial charge >= 0.3 is 0 Å². The van der Waals surface area contributed by atoms with Crippen LogP contribution in [0.3, 0.4) is 0 Å². The van der Waals surface area contributed by atoms with Gasteiger partial charge < -0.3 is 5.73 Å². The summed E-state index contributed by atoms with van der Waals surface area (Å²) in [5, 5.41) is 0. The van der Waals surface area contributed by atoms with E-state index in [2.05, 4.69) is 6.92 Å². The first-order valence-corrected chi connectivity index (χ1v) is 5.94. The molecule has 0 saturated heterocycles. The maximum Gasteiger partial charge on any atom is 0.126 e. The maximum absolute atomic E-state index is 13.1. The van der Waals surface area contributed by atoms with Crippen LogP contribution in [-0.2, 0) is 0 Å². The Morgan fingerprint density at radius 2 is 1.82 bits per heavy atom. The van der Waals surface area contributed by atoms with E-state index in [1.54, 1.807) is 0 Å². The summed E-state index contributed by atoms with van der Waals surface area (Å²) in [5.41, 5.74) is 6.29. The van der Waals surface area contributed by atoms with E-state index in [9.17, 15) is 8.78 Å². The van der Waals surface area contributed by atoms with Crippen molar-refractivity contribution in [2.75, 3.05) is 20.1 Å². The van der Waals surface area contributed by atoms with Gasteiger partial charge in [-0.15, -0.1) is 0 Å². The molecular weight excluding hydrogens is 222 g/mol. The maximum atomic E-state index is 13.1. The number of hydrogen-bond acceptors (Lipinski definition) is 2. The van der Waals surface area contributed by atoms with E-state index in [1.165, 1.54) is 12.1 Å². The predicted molar refractivity (Wildman–Crippen MR) is 65.7 cm³/mol. The van der Waals surface area contributed by atoms with Crippen molar-refractivity contribution in [2.45, 2.75) is 25.8 Å². The smallest absolute Gasteiger partial charge is 0.126 e. The van der Waals surface area contributed by atoms with Crippen LogP contribution in [0.5, 0.6) is 0 Å². The molecular formula is C13H20F2N2. The molecule has 96 valence electrons. The molecule has 1 unspecified atom stereocenters. The van der Waals surface area contributed by atoms with Gasteiger partial charge in [0.1, 0.15) is 11.6 Å². The fourth-order valence-electron chi connectivity index (χ4n) is 1.90. The highest BCUT2D eigenvalue weighted by Crippen LogP contribution is 2.20. The van der Waals surface area contributed by atoms with E-state index in [1.807, 2.05) is 11.9 Å². The topological polar surface area (TPSA) is 29.3 Å². The standard InChI is InChI=1S/C13H20F2N2/c1-3-4-5-17(2)13(9-16)10-6-11(14)8-12(15)7-10/h6-8,13H,3-5,9,16H2,1-2H3. The second-order valence-corrected chi connectivity index (χ2v) is 4.29. The number of halogens is 2. The number of nitrogens with zero attached hydrogens (tertiary/aromatic N) is 1. The summed E-state index contributed by atoms with van der Waals surface area (Å²) in [6.07, 6.45) is 2.13. The van der Waals surface area contributed by atoms with Gasteiger partial charge in [-0.05, 0) is 37.7 Å². The van der Waals surface area contributed by atoms with Gasteiger partial charge in [-0.2, -0.15) is 0 Å². The zero-order valence-corrected chi connectivity index (χ0v) is 10.4. The van der Waals surface area contributed by atoms with E-state index < -0.39 is 11.6 Å². The molecule has 0 radical (unpaired) electrons. The molecule has 0 bridgehead atoms. The van der Waals surface area contributed by atoms with Gasteiger partial charge in [0.15, 0.2) is 0 Å². The van der Waals surface area contributed by atoms with Crippen LogP contribution in [0.1, 0.15) is 31.4 Å². The molecule has 0 saturated carbocycles. The zero-order valence-electron chi connectivity index (χ0n) is 10.4. The number of hydrogen-bond donors (Lipinski definition) is 1. The summed E-state index contributed by atoms with van der Waals surface area (Å²) in [4.78, 5) is 2.04. The van der Waals surface area contributed by atoms with Crippen molar-refractivity contribution in [3.05, 3.63) is 35.4 Å². The normalized spacial score (nSPS) is 13.1. The van der Waals surface area contributed by atoms with Crippen LogP contribution in [0.25, 0.3) is 0 Å². The first kappa shape index (κ1) is 14.1. The lowest BCUT2D eigenvalue weighted by atomic mass is 10.0. The largest absolute Gasteiger partial charge is 0.329 e. The lowest BCUT2D eigenvalue weighted by Gasteiger charge is -2.27. The Morgan fingerprint density at radius 3 is 2.29 bits per heavy atom. The van der Waals surface area contributed by atoms with E-state index in [0.29, 0.717) is 12.1 Å². The molecule has 0 spiro atoms. The molecule has 0 heterocycles. The van der Waals surface area contributed by atoms with Crippen molar-refractivity contribution in [1.82, 2.24) is 4.90 Å². The van der Waals surface area contributed by atoms with Crippen LogP contribution >= 0.6 is 0 Å². The molecule has 2 N–H and O–H groups in total. The summed E-state index contributed by atoms with van der Waals surface area (Å²) in [5.74, 6) is -1.11. The van der Waals surface area contributed by atoms with Crippen molar-refractivity contribution in [3.8, 4) is 0 Å². The van der Waals surface area contributed by atoms with Gasteiger partial charge in [-0.25, -0.2) is 8.78 Å². The van der Waals surface area contributed by atoms with Crippen molar-refractivity contribution in [3.63, 3.8) is 0 Å². The van der Waals surface area contributed by atoms with Crippen LogP contribution in [0.2, 0.25) is 0 Å². The van der Waals surface area contributed by atoms with Gasteiger partial charge in [-0.1, -0.05) is 13.3 Å². The average molecular weight is 242 g/mol. The third-order valence-corrected chi connectivity index (χ3v) is 2.89. The van der Waals surface area contributed by atoms with E-state index in [-0.39, 0.29) is 6.04 Å². The molecule has 0 aliphatic heterocycles. The minimum absolute atomic E-state index is 0.133. The van der Waals surface area contributed by atoms with Crippen molar-refractivity contribution in [2.24, 2.45) is 5.73 Å². The zero-order chi connectivity index (χ0) is 12.8. The summed E-state index contributed by atoms with van der Waals surface area (Å²) < 4.78 is 26.3. The minimum Gasteiger partial charge on any atom is -0.329 e. The summed E-state index contributed by atoms with van der Waals surface area (Å²) in [7, 11) is 1.93. The third-order valence-electron chi connectivity index (χ3n) is 2.89. The Hall–Kier alpha value is -1.00. The lowest BCUT2D eigenvalue weighted by Crippen LogP contribution is -2.31. The second-order valence-electron chi connectivity index (χ2n) is 4.29. The number of nitrogens with two attached hydrogens (primary N) is 1. The van der Waals surface area contributed by atoms with Gasteiger partial charge in [-0.3, -0.25) is 4.90 Å². The molecule has 0 aliphatic carbocycles. The van der Waals surface area contributed by atoms with Crippen molar-refractivity contribution < 1.29 is 8.78 Å². The Bertz CT molecular complexity index is 335. The van der Waals surface area contributed by atoms with E-state index in [0.717, 1.165) is 25.5 Å². The molecule has 4 heteroatoms. The van der Waals surface area contributed by atoms with Gasteiger partial charge in [0.2, 0.25) is 0 Å². The Kier molecular flexibility index (Phi) is 5.51. The second kappa shape index (κ2) is 6.67. The van der Waals surface area contributed by atoms with Crippen LogP contribution in [0, 0.1) is 11.6 Å². The van der Waals surface area contributed by atoms with Crippen LogP contribution in [-0.4, -0.2) is 25.0 Å². The summed E-state index contributed by atoms with van der Waals surface area (Å²) in [6.45, 7) is 3.33. The average Bonchev–Trinajstić information content (AvgIpc) is 2.26. The molecule has 0 fully saturated rings. The molecule has 1 rings (SSSR count). The first-order chi connectivity index (χ1) is 8.08. The monoisotopic (exact) mass is 242 g/mol. The number of unbranched alkanes of at least 4 members (excludes halogenated alkanes) is 1. The molecule has 1 aromatic rings. The van der Waals surface area contributed by atoms with Gasteiger partial charge in [0.05, 0.1) is 0 Å². The first-order valence-electron chi connectivity index (χ1n) is 5.94. The van der Waals surface area contributed by atoms with Crippen molar-refractivity contribution in [1.29, 1.82) is 0 Å². The molecule has 2 nitrogen and oxygen atoms in total. The predicted octanol–water partition coefficient (Wildman–Crippen LogP) is 2.70. The third kappa shape index (κ3) is 4.06. The summed E-state index contributed by atoms with van der Waals surface area (Å²) >= 11 is 0. The Balaban J connectivity index is 2.84. The lowest BCUT2D eigenvalue weighted by molar-refractivity contribution is 0.245. The molecule has 17 heavy (non-hydrogen) atoms. The number of benzene rings is 1. The molecule has 0 amide bonds. The van der Waals surface area contributed by atoms with Crippen LogP contribution < -0.4 is 5.73 Å². The fraction of sp³-hybridized carbons (Fsp3) is 0.538. The summed E-state index contributed by atoms with van der Waals surface area (Å²) in [6, 6.07) is 3.45. The highest BCUT2D eigenvalue weighted by molar-refractivity contribution is 5.21. The SMILES string of the molecule is CCCCN(C)C(CN)c1cc(F)cc(F)c1. The highest BCUT2D eigenvalue weighted by Gasteiger charge is 2.16. The van der Waals surface area contributed by atoms with Crippen molar-refractivity contribution >= 4 is 0 Å². The molecule has 0 aromatic heterocycles. The van der Waals surface area contributed by atoms with Gasteiger partial charge in [0.25, 0.3) is 0 Å². The minimum atomic E-state index is -0.553. The number of rotatable bonds is 6. The Labute approximate surface area is 101 Å². The fourth-order valence-corrected chi connectivity index (χ4v) is 1.90.